The Labute approximate surface area is 187 Å². The molecule has 0 bridgehead atoms. The van der Waals surface area contributed by atoms with Gasteiger partial charge in [-0.1, -0.05) is 17.7 Å². The van der Waals surface area contributed by atoms with Crippen LogP contribution in [0.5, 0.6) is 0 Å². The van der Waals surface area contributed by atoms with E-state index in [2.05, 4.69) is 6.58 Å². The third kappa shape index (κ3) is 6.78. The van der Waals surface area contributed by atoms with Crippen molar-refractivity contribution in [3.05, 3.63) is 24.3 Å². The van der Waals surface area contributed by atoms with Gasteiger partial charge in [-0.05, 0) is 26.7 Å². The third-order valence-corrected chi connectivity index (χ3v) is 5.75. The summed E-state index contributed by atoms with van der Waals surface area (Å²) < 4.78 is 22.1. The summed E-state index contributed by atoms with van der Waals surface area (Å²) in [5.41, 5.74) is -0.153. The van der Waals surface area contributed by atoms with Crippen molar-refractivity contribution in [2.75, 3.05) is 19.8 Å². The van der Waals surface area contributed by atoms with Crippen LogP contribution >= 0.6 is 0 Å². The second kappa shape index (κ2) is 12.0. The number of hydrogen-bond donors (Lipinski definition) is 7. The second-order valence-electron chi connectivity index (χ2n) is 8.48. The molecule has 2 aliphatic rings. The van der Waals surface area contributed by atoms with E-state index >= 15 is 0 Å². The summed E-state index contributed by atoms with van der Waals surface area (Å²) in [6.07, 6.45) is -8.30. The molecule has 0 aromatic heterocycles. The van der Waals surface area contributed by atoms with Gasteiger partial charge in [0.25, 0.3) is 0 Å². The normalized spacial score (nSPS) is 40.7. The fourth-order valence-corrected chi connectivity index (χ4v) is 3.41. The van der Waals surface area contributed by atoms with E-state index in [-0.39, 0.29) is 19.8 Å². The molecule has 1 unspecified atom stereocenters. The number of rotatable bonds is 10. The summed E-state index contributed by atoms with van der Waals surface area (Å²) in [6, 6.07) is 0. The maximum absolute atomic E-state index is 10.4. The molecule has 11 heteroatoms. The predicted octanol–water partition coefficient (Wildman–Crippen LogP) is -2.07. The van der Waals surface area contributed by atoms with Crippen LogP contribution < -0.4 is 0 Å². The standard InChI is InChI=1S/C21H36O11/c1-4-21(3,7-5-6-11(2)8-22)32-20-18(28)16(26)15(25)13(31-20)10-30-19-17(27)14(24)12(23)9-29-19/h4,6,12-20,22-28H,1,5,7-10H2,2-3H3/b11-6+/t12-,13-,14-,15-,16-,17-,18-,19+,20-,21?/m1/s1. The predicted molar refractivity (Wildman–Crippen MR) is 110 cm³/mol. The molecule has 0 aromatic rings. The van der Waals surface area contributed by atoms with Crippen LogP contribution in [0.15, 0.2) is 24.3 Å². The van der Waals surface area contributed by atoms with Crippen molar-refractivity contribution in [2.45, 2.75) is 87.6 Å². The van der Waals surface area contributed by atoms with Crippen LogP contribution in [0.3, 0.4) is 0 Å². The first-order valence-electron chi connectivity index (χ1n) is 10.6. The molecule has 0 amide bonds. The van der Waals surface area contributed by atoms with E-state index in [1.54, 1.807) is 13.8 Å². The molecule has 11 nitrogen and oxygen atoms in total. The van der Waals surface area contributed by atoms with E-state index < -0.39 is 60.9 Å². The molecule has 0 aromatic carbocycles. The van der Waals surface area contributed by atoms with Gasteiger partial charge in [0.15, 0.2) is 12.6 Å². The van der Waals surface area contributed by atoms with Crippen LogP contribution in [0.2, 0.25) is 0 Å². The number of ether oxygens (including phenoxy) is 4. The number of aliphatic hydroxyl groups is 7. The molecule has 2 aliphatic heterocycles. The summed E-state index contributed by atoms with van der Waals surface area (Å²) in [5, 5.41) is 69.2. The van der Waals surface area contributed by atoms with E-state index in [9.17, 15) is 30.6 Å². The highest BCUT2D eigenvalue weighted by Crippen LogP contribution is 2.30. The zero-order chi connectivity index (χ0) is 24.1. The van der Waals surface area contributed by atoms with Crippen LogP contribution in [0.25, 0.3) is 0 Å². The maximum Gasteiger partial charge on any atom is 0.187 e. The largest absolute Gasteiger partial charge is 0.392 e. The van der Waals surface area contributed by atoms with Gasteiger partial charge in [0.05, 0.1) is 25.4 Å². The molecular weight excluding hydrogens is 428 g/mol. The first kappa shape index (κ1) is 27.3. The summed E-state index contributed by atoms with van der Waals surface area (Å²) in [6.45, 7) is 6.59. The SMILES string of the molecule is C=CC(C)(CC/C=C(\C)CO)O[C@H]1O[C@H](CO[C@@H]2OC[C@@H](O)[C@@H](O)[C@H]2O)[C@@H](O)[C@@H](O)[C@H]1O. The summed E-state index contributed by atoms with van der Waals surface area (Å²) in [4.78, 5) is 0. The fourth-order valence-electron chi connectivity index (χ4n) is 3.41. The van der Waals surface area contributed by atoms with Crippen molar-refractivity contribution >= 4 is 0 Å². The van der Waals surface area contributed by atoms with Gasteiger partial charge in [-0.15, -0.1) is 6.58 Å². The van der Waals surface area contributed by atoms with Crippen LogP contribution in [-0.2, 0) is 18.9 Å². The van der Waals surface area contributed by atoms with Gasteiger partial charge in [0.1, 0.15) is 42.7 Å². The quantitative estimate of drug-likeness (QED) is 0.177. The minimum absolute atomic E-state index is 0.0583. The van der Waals surface area contributed by atoms with Crippen LogP contribution in [0, 0.1) is 0 Å². The molecule has 2 fully saturated rings. The molecule has 186 valence electrons. The lowest BCUT2D eigenvalue weighted by Gasteiger charge is -2.43. The zero-order valence-electron chi connectivity index (χ0n) is 18.4. The van der Waals surface area contributed by atoms with Gasteiger partial charge in [0, 0.05) is 0 Å². The molecule has 2 rings (SSSR count). The van der Waals surface area contributed by atoms with Crippen molar-refractivity contribution in [3.63, 3.8) is 0 Å². The Morgan fingerprint density at radius 3 is 2.31 bits per heavy atom. The van der Waals surface area contributed by atoms with Crippen LogP contribution in [0.1, 0.15) is 26.7 Å². The number of hydrogen-bond acceptors (Lipinski definition) is 11. The molecule has 32 heavy (non-hydrogen) atoms. The first-order valence-corrected chi connectivity index (χ1v) is 10.6. The zero-order valence-corrected chi connectivity index (χ0v) is 18.4. The fraction of sp³-hybridized carbons (Fsp3) is 0.810. The summed E-state index contributed by atoms with van der Waals surface area (Å²) in [7, 11) is 0. The van der Waals surface area contributed by atoms with Gasteiger partial charge in [-0.3, -0.25) is 0 Å². The van der Waals surface area contributed by atoms with E-state index in [4.69, 9.17) is 24.1 Å². The number of allylic oxidation sites excluding steroid dienone is 1. The molecule has 0 radical (unpaired) electrons. The summed E-state index contributed by atoms with van der Waals surface area (Å²) in [5.74, 6) is 0. The van der Waals surface area contributed by atoms with Crippen molar-refractivity contribution in [1.29, 1.82) is 0 Å². The van der Waals surface area contributed by atoms with Gasteiger partial charge in [-0.2, -0.15) is 0 Å². The van der Waals surface area contributed by atoms with Gasteiger partial charge in [-0.25, -0.2) is 0 Å². The summed E-state index contributed by atoms with van der Waals surface area (Å²) >= 11 is 0. The second-order valence-corrected chi connectivity index (χ2v) is 8.48. The van der Waals surface area contributed by atoms with Crippen molar-refractivity contribution < 1.29 is 54.7 Å². The molecule has 7 N–H and O–H groups in total. The Morgan fingerprint density at radius 1 is 1.03 bits per heavy atom. The van der Waals surface area contributed by atoms with Gasteiger partial charge in [0.2, 0.25) is 0 Å². The highest BCUT2D eigenvalue weighted by molar-refractivity contribution is 5.02. The molecule has 2 saturated heterocycles. The topological polar surface area (TPSA) is 179 Å². The molecular formula is C21H36O11. The lowest BCUT2D eigenvalue weighted by atomic mass is 9.96. The highest BCUT2D eigenvalue weighted by Gasteiger charge is 2.47. The Balaban J connectivity index is 2.00. The molecule has 10 atom stereocenters. The Morgan fingerprint density at radius 2 is 1.69 bits per heavy atom. The Bertz CT molecular complexity index is 629. The average molecular weight is 465 g/mol. The molecule has 0 aliphatic carbocycles. The lowest BCUT2D eigenvalue weighted by Crippen LogP contribution is -2.61. The highest BCUT2D eigenvalue weighted by atomic mass is 16.7. The Hall–Kier alpha value is -0.960. The minimum atomic E-state index is -1.60. The van der Waals surface area contributed by atoms with Crippen LogP contribution in [0.4, 0.5) is 0 Å². The molecule has 0 spiro atoms. The van der Waals surface area contributed by atoms with Crippen molar-refractivity contribution in [3.8, 4) is 0 Å². The van der Waals surface area contributed by atoms with Crippen molar-refractivity contribution in [2.24, 2.45) is 0 Å². The monoisotopic (exact) mass is 464 g/mol. The van der Waals surface area contributed by atoms with E-state index in [1.807, 2.05) is 6.08 Å². The number of aliphatic hydroxyl groups excluding tert-OH is 7. The maximum atomic E-state index is 10.4. The van der Waals surface area contributed by atoms with E-state index in [0.717, 1.165) is 5.57 Å². The Kier molecular flexibility index (Phi) is 10.2. The molecule has 0 saturated carbocycles. The molecule has 2 heterocycles. The smallest absolute Gasteiger partial charge is 0.187 e. The van der Waals surface area contributed by atoms with Crippen molar-refractivity contribution in [1.82, 2.24) is 0 Å². The lowest BCUT2D eigenvalue weighted by molar-refractivity contribution is -0.333. The van der Waals surface area contributed by atoms with Crippen LogP contribution in [-0.4, -0.2) is 116 Å². The average Bonchev–Trinajstić information content (AvgIpc) is 2.78. The van der Waals surface area contributed by atoms with Gasteiger partial charge < -0.3 is 54.7 Å². The van der Waals surface area contributed by atoms with E-state index in [0.29, 0.717) is 12.8 Å². The first-order chi connectivity index (χ1) is 15.0. The van der Waals surface area contributed by atoms with Gasteiger partial charge >= 0.3 is 0 Å². The minimum Gasteiger partial charge on any atom is -0.392 e. The third-order valence-electron chi connectivity index (χ3n) is 5.75. The van der Waals surface area contributed by atoms with E-state index in [1.165, 1.54) is 6.08 Å².